The zero-order valence-corrected chi connectivity index (χ0v) is 20.6. The molecule has 4 rings (SSSR count). The molecule has 176 valence electrons. The van der Waals surface area contributed by atoms with Gasteiger partial charge in [-0.2, -0.15) is 5.10 Å². The van der Waals surface area contributed by atoms with Gasteiger partial charge in [-0.05, 0) is 57.4 Å². The number of rotatable bonds is 8. The first kappa shape index (κ1) is 23.4. The number of carbonyl (C=O) groups excluding carboxylic acids is 2. The number of hydrogen-bond acceptors (Lipinski definition) is 7. The SMILES string of the molecule is Cc1cc2nc(C(C(=O)NCC(=O)NC3CC3)S(=O)(=O)C(C)C)sc2cc1-c1ccnn1C. The van der Waals surface area contributed by atoms with Crippen LogP contribution in [0, 0.1) is 6.92 Å². The minimum absolute atomic E-state index is 0.158. The maximum atomic E-state index is 13.1. The van der Waals surface area contributed by atoms with Crippen LogP contribution in [0.25, 0.3) is 21.5 Å². The first-order valence-electron chi connectivity index (χ1n) is 10.8. The van der Waals surface area contributed by atoms with E-state index in [4.69, 9.17) is 0 Å². The van der Waals surface area contributed by atoms with Crippen LogP contribution in [0.5, 0.6) is 0 Å². The summed E-state index contributed by atoms with van der Waals surface area (Å²) < 4.78 is 28.8. The van der Waals surface area contributed by atoms with Gasteiger partial charge in [0.1, 0.15) is 5.01 Å². The first-order valence-corrected chi connectivity index (χ1v) is 13.2. The van der Waals surface area contributed by atoms with Crippen molar-refractivity contribution in [1.82, 2.24) is 25.4 Å². The van der Waals surface area contributed by atoms with Crippen molar-refractivity contribution in [2.75, 3.05) is 6.54 Å². The number of thiazole rings is 1. The summed E-state index contributed by atoms with van der Waals surface area (Å²) >= 11 is 1.18. The minimum Gasteiger partial charge on any atom is -0.352 e. The van der Waals surface area contributed by atoms with Gasteiger partial charge in [0.2, 0.25) is 11.8 Å². The molecule has 1 aliphatic rings. The van der Waals surface area contributed by atoms with Gasteiger partial charge < -0.3 is 10.6 Å². The largest absolute Gasteiger partial charge is 0.352 e. The maximum absolute atomic E-state index is 13.1. The Morgan fingerprint density at radius 2 is 2.00 bits per heavy atom. The van der Waals surface area contributed by atoms with Crippen molar-refractivity contribution in [2.24, 2.45) is 7.05 Å². The summed E-state index contributed by atoms with van der Waals surface area (Å²) in [5, 5.41) is 7.42. The summed E-state index contributed by atoms with van der Waals surface area (Å²) in [5.41, 5.74) is 3.48. The van der Waals surface area contributed by atoms with E-state index in [9.17, 15) is 18.0 Å². The number of sulfone groups is 1. The summed E-state index contributed by atoms with van der Waals surface area (Å²) in [6, 6.07) is 5.90. The van der Waals surface area contributed by atoms with E-state index in [1.807, 2.05) is 32.2 Å². The third-order valence-electron chi connectivity index (χ3n) is 5.66. The van der Waals surface area contributed by atoms with Crippen molar-refractivity contribution >= 4 is 43.2 Å². The van der Waals surface area contributed by atoms with Crippen molar-refractivity contribution in [3.05, 3.63) is 35.0 Å². The Bertz CT molecular complexity index is 1320. The van der Waals surface area contributed by atoms with E-state index in [1.54, 1.807) is 10.9 Å². The second kappa shape index (κ2) is 8.86. The Morgan fingerprint density at radius 3 is 2.61 bits per heavy atom. The second-order valence-corrected chi connectivity index (χ2v) is 12.3. The van der Waals surface area contributed by atoms with Crippen LogP contribution in [0.2, 0.25) is 0 Å². The molecule has 2 N–H and O–H groups in total. The van der Waals surface area contributed by atoms with E-state index in [0.29, 0.717) is 5.52 Å². The monoisotopic (exact) mass is 489 g/mol. The van der Waals surface area contributed by atoms with Crippen LogP contribution in [-0.4, -0.2) is 52.8 Å². The van der Waals surface area contributed by atoms with Crippen LogP contribution >= 0.6 is 11.3 Å². The third kappa shape index (κ3) is 4.79. The lowest BCUT2D eigenvalue weighted by molar-refractivity contribution is -0.126. The Balaban J connectivity index is 1.68. The van der Waals surface area contributed by atoms with E-state index in [-0.39, 0.29) is 23.5 Å². The molecular formula is C22H27N5O4S2. The average Bonchev–Trinajstić information content (AvgIpc) is 3.30. The van der Waals surface area contributed by atoms with E-state index in [1.165, 1.54) is 25.2 Å². The fraction of sp³-hybridized carbons (Fsp3) is 0.455. The highest BCUT2D eigenvalue weighted by atomic mass is 32.2. The quantitative estimate of drug-likeness (QED) is 0.500. The van der Waals surface area contributed by atoms with Gasteiger partial charge in [0, 0.05) is 24.8 Å². The fourth-order valence-electron chi connectivity index (χ4n) is 3.56. The van der Waals surface area contributed by atoms with Crippen molar-refractivity contribution in [3.8, 4) is 11.3 Å². The van der Waals surface area contributed by atoms with Gasteiger partial charge in [-0.15, -0.1) is 11.3 Å². The Morgan fingerprint density at radius 1 is 1.27 bits per heavy atom. The van der Waals surface area contributed by atoms with Gasteiger partial charge in [-0.1, -0.05) is 0 Å². The predicted octanol–water partition coefficient (Wildman–Crippen LogP) is 2.26. The molecule has 33 heavy (non-hydrogen) atoms. The molecule has 11 heteroatoms. The smallest absolute Gasteiger partial charge is 0.245 e. The molecule has 9 nitrogen and oxygen atoms in total. The molecule has 1 saturated carbocycles. The van der Waals surface area contributed by atoms with Crippen LogP contribution in [0.15, 0.2) is 24.4 Å². The molecule has 3 aromatic rings. The van der Waals surface area contributed by atoms with E-state index in [2.05, 4.69) is 20.7 Å². The Labute approximate surface area is 196 Å². The fourth-order valence-corrected chi connectivity index (χ4v) is 6.34. The number of benzene rings is 1. The molecule has 0 aliphatic heterocycles. The molecule has 0 radical (unpaired) electrons. The minimum atomic E-state index is -3.88. The number of hydrogen-bond donors (Lipinski definition) is 2. The van der Waals surface area contributed by atoms with E-state index < -0.39 is 26.2 Å². The van der Waals surface area contributed by atoms with Gasteiger partial charge in [0.25, 0.3) is 0 Å². The van der Waals surface area contributed by atoms with E-state index in [0.717, 1.165) is 34.4 Å². The topological polar surface area (TPSA) is 123 Å². The summed E-state index contributed by atoms with van der Waals surface area (Å²) in [7, 11) is -2.02. The van der Waals surface area contributed by atoms with Crippen molar-refractivity contribution in [2.45, 2.75) is 50.2 Å². The van der Waals surface area contributed by atoms with E-state index >= 15 is 0 Å². The number of nitrogens with one attached hydrogen (secondary N) is 2. The normalized spacial score (nSPS) is 15.1. The predicted molar refractivity (Wildman–Crippen MR) is 128 cm³/mol. The second-order valence-electron chi connectivity index (χ2n) is 8.60. The molecule has 0 spiro atoms. The van der Waals surface area contributed by atoms with Crippen LogP contribution in [-0.2, 0) is 26.5 Å². The highest BCUT2D eigenvalue weighted by Gasteiger charge is 2.39. The molecule has 1 aromatic carbocycles. The number of aromatic nitrogens is 3. The van der Waals surface area contributed by atoms with Crippen LogP contribution < -0.4 is 10.6 Å². The molecule has 2 aromatic heterocycles. The number of carbonyl (C=O) groups is 2. The van der Waals surface area contributed by atoms with Crippen LogP contribution in [0.4, 0.5) is 0 Å². The summed E-state index contributed by atoms with van der Waals surface area (Å²) in [6.07, 6.45) is 3.57. The third-order valence-corrected chi connectivity index (χ3v) is 9.30. The van der Waals surface area contributed by atoms with Gasteiger partial charge >= 0.3 is 0 Å². The molecule has 1 unspecified atom stereocenters. The molecule has 1 fully saturated rings. The first-order chi connectivity index (χ1) is 15.6. The van der Waals surface area contributed by atoms with Crippen molar-refractivity contribution in [1.29, 1.82) is 0 Å². The lowest BCUT2D eigenvalue weighted by Gasteiger charge is -2.17. The number of nitrogens with zero attached hydrogens (tertiary/aromatic N) is 3. The molecule has 2 heterocycles. The van der Waals surface area contributed by atoms with Gasteiger partial charge in [-0.3, -0.25) is 14.3 Å². The van der Waals surface area contributed by atoms with Crippen LogP contribution in [0.1, 0.15) is 42.5 Å². The summed E-state index contributed by atoms with van der Waals surface area (Å²) in [6.45, 7) is 4.75. The lowest BCUT2D eigenvalue weighted by atomic mass is 10.1. The van der Waals surface area contributed by atoms with Gasteiger partial charge in [0.05, 0.1) is 27.7 Å². The molecule has 1 atom stereocenters. The zero-order valence-electron chi connectivity index (χ0n) is 19.0. The number of amides is 2. The highest BCUT2D eigenvalue weighted by molar-refractivity contribution is 7.93. The average molecular weight is 490 g/mol. The zero-order chi connectivity index (χ0) is 23.9. The maximum Gasteiger partial charge on any atom is 0.245 e. The lowest BCUT2D eigenvalue weighted by Crippen LogP contribution is -2.42. The van der Waals surface area contributed by atoms with Gasteiger partial charge in [-0.25, -0.2) is 13.4 Å². The number of fused-ring (bicyclic) bond motifs is 1. The Hall–Kier alpha value is -2.79. The molecular weight excluding hydrogens is 462 g/mol. The van der Waals surface area contributed by atoms with Crippen molar-refractivity contribution in [3.63, 3.8) is 0 Å². The summed E-state index contributed by atoms with van der Waals surface area (Å²) in [5.74, 6) is -1.07. The number of aryl methyl sites for hydroxylation is 2. The Kier molecular flexibility index (Phi) is 6.28. The molecule has 2 amide bonds. The molecule has 0 saturated heterocycles. The van der Waals surface area contributed by atoms with Gasteiger partial charge in [0.15, 0.2) is 15.1 Å². The highest BCUT2D eigenvalue weighted by Crippen LogP contribution is 2.36. The van der Waals surface area contributed by atoms with Crippen molar-refractivity contribution < 1.29 is 18.0 Å². The molecule has 1 aliphatic carbocycles. The van der Waals surface area contributed by atoms with Crippen LogP contribution in [0.3, 0.4) is 0 Å². The summed E-state index contributed by atoms with van der Waals surface area (Å²) in [4.78, 5) is 29.6. The standard InChI is InChI=1S/C22H27N5O4S2/c1-12(2)33(30,31)20(21(29)23-11-19(28)25-14-5-6-14)22-26-16-9-13(3)15(10-18(16)32-22)17-7-8-24-27(17)4/h7-10,12,14,20H,5-6,11H2,1-4H3,(H,23,29)(H,25,28). The molecule has 0 bridgehead atoms.